The van der Waals surface area contributed by atoms with Crippen LogP contribution in [-0.4, -0.2) is 24.7 Å². The lowest BCUT2D eigenvalue weighted by Crippen LogP contribution is -2.31. The highest BCUT2D eigenvalue weighted by Gasteiger charge is 2.19. The van der Waals surface area contributed by atoms with Crippen molar-refractivity contribution in [2.75, 3.05) is 18.6 Å². The van der Waals surface area contributed by atoms with Crippen LogP contribution >= 0.6 is 11.8 Å². The van der Waals surface area contributed by atoms with Crippen molar-refractivity contribution >= 4 is 11.8 Å². The number of ether oxygens (including phenoxy) is 1. The summed E-state index contributed by atoms with van der Waals surface area (Å²) in [5.74, 6) is 3.50. The summed E-state index contributed by atoms with van der Waals surface area (Å²) in [6.45, 7) is 2.21. The molecule has 0 bridgehead atoms. The average Bonchev–Trinajstić information content (AvgIpc) is 2.81. The zero-order chi connectivity index (χ0) is 11.4. The van der Waals surface area contributed by atoms with Gasteiger partial charge in [0.2, 0.25) is 0 Å². The second-order valence-corrected chi connectivity index (χ2v) is 5.34. The minimum Gasteiger partial charge on any atom is -0.496 e. The van der Waals surface area contributed by atoms with Gasteiger partial charge in [0.05, 0.1) is 7.11 Å². The minimum absolute atomic E-state index is 0.361. The molecule has 2 nitrogen and oxygen atoms in total. The lowest BCUT2D eigenvalue weighted by atomic mass is 10.1. The van der Waals surface area contributed by atoms with E-state index in [1.807, 2.05) is 23.9 Å². The minimum atomic E-state index is 0.361. The third-order valence-corrected chi connectivity index (χ3v) is 4.18. The highest BCUT2D eigenvalue weighted by atomic mass is 32.2. The van der Waals surface area contributed by atoms with E-state index in [0.717, 1.165) is 5.75 Å². The first-order valence-electron chi connectivity index (χ1n) is 5.78. The molecule has 1 aromatic rings. The van der Waals surface area contributed by atoms with Gasteiger partial charge in [-0.15, -0.1) is 0 Å². The Hall–Kier alpha value is -0.670. The van der Waals surface area contributed by atoms with Crippen LogP contribution in [-0.2, 0) is 0 Å². The SMILES string of the molecule is COc1ccccc1C(C)NC1CCSC1. The summed E-state index contributed by atoms with van der Waals surface area (Å²) in [6.07, 6.45) is 1.28. The summed E-state index contributed by atoms with van der Waals surface area (Å²) in [6, 6.07) is 9.26. The van der Waals surface area contributed by atoms with E-state index in [2.05, 4.69) is 24.4 Å². The molecular weight excluding hydrogens is 218 g/mol. The number of methoxy groups -OCH3 is 1. The lowest BCUT2D eigenvalue weighted by molar-refractivity contribution is 0.396. The molecule has 2 atom stereocenters. The van der Waals surface area contributed by atoms with E-state index in [9.17, 15) is 0 Å². The molecule has 0 aromatic heterocycles. The van der Waals surface area contributed by atoms with Crippen LogP contribution in [0.15, 0.2) is 24.3 Å². The van der Waals surface area contributed by atoms with E-state index in [1.165, 1.54) is 23.5 Å². The molecule has 1 fully saturated rings. The first kappa shape index (κ1) is 11.8. The van der Waals surface area contributed by atoms with Crippen LogP contribution in [0.2, 0.25) is 0 Å². The van der Waals surface area contributed by atoms with E-state index in [1.54, 1.807) is 7.11 Å². The van der Waals surface area contributed by atoms with Gasteiger partial charge in [0, 0.05) is 23.4 Å². The molecule has 1 aromatic carbocycles. The van der Waals surface area contributed by atoms with Gasteiger partial charge in [-0.05, 0) is 25.2 Å². The van der Waals surface area contributed by atoms with Crippen LogP contribution in [0.25, 0.3) is 0 Å². The Labute approximate surface area is 102 Å². The number of hydrogen-bond acceptors (Lipinski definition) is 3. The van der Waals surface area contributed by atoms with Crippen LogP contribution in [0.3, 0.4) is 0 Å². The molecule has 0 saturated carbocycles. The summed E-state index contributed by atoms with van der Waals surface area (Å²) < 4.78 is 5.39. The highest BCUT2D eigenvalue weighted by molar-refractivity contribution is 7.99. The fourth-order valence-corrected chi connectivity index (χ4v) is 3.30. The fraction of sp³-hybridized carbons (Fsp3) is 0.538. The Morgan fingerprint density at radius 1 is 1.44 bits per heavy atom. The van der Waals surface area contributed by atoms with E-state index < -0.39 is 0 Å². The zero-order valence-electron chi connectivity index (χ0n) is 9.90. The quantitative estimate of drug-likeness (QED) is 0.870. The molecule has 1 aliphatic rings. The molecule has 1 aliphatic heterocycles. The van der Waals surface area contributed by atoms with Crippen molar-refractivity contribution in [1.29, 1.82) is 0 Å². The summed E-state index contributed by atoms with van der Waals surface area (Å²) in [7, 11) is 1.73. The summed E-state index contributed by atoms with van der Waals surface area (Å²) >= 11 is 2.04. The van der Waals surface area contributed by atoms with Crippen molar-refractivity contribution in [1.82, 2.24) is 5.32 Å². The maximum Gasteiger partial charge on any atom is 0.123 e. The Morgan fingerprint density at radius 2 is 2.25 bits per heavy atom. The molecule has 0 amide bonds. The van der Waals surface area contributed by atoms with E-state index >= 15 is 0 Å². The molecule has 16 heavy (non-hydrogen) atoms. The summed E-state index contributed by atoms with van der Waals surface area (Å²) in [5.41, 5.74) is 1.25. The van der Waals surface area contributed by atoms with Gasteiger partial charge in [0.1, 0.15) is 5.75 Å². The summed E-state index contributed by atoms with van der Waals surface area (Å²) in [5, 5.41) is 3.67. The van der Waals surface area contributed by atoms with Crippen LogP contribution in [0.5, 0.6) is 5.75 Å². The molecule has 0 spiro atoms. The number of benzene rings is 1. The van der Waals surface area contributed by atoms with Crippen LogP contribution in [0.4, 0.5) is 0 Å². The fourth-order valence-electron chi connectivity index (χ4n) is 2.13. The summed E-state index contributed by atoms with van der Waals surface area (Å²) in [4.78, 5) is 0. The number of hydrogen-bond donors (Lipinski definition) is 1. The first-order valence-corrected chi connectivity index (χ1v) is 6.93. The zero-order valence-corrected chi connectivity index (χ0v) is 10.7. The van der Waals surface area contributed by atoms with E-state index in [-0.39, 0.29) is 0 Å². The van der Waals surface area contributed by atoms with Gasteiger partial charge in [-0.1, -0.05) is 18.2 Å². The Morgan fingerprint density at radius 3 is 2.94 bits per heavy atom. The topological polar surface area (TPSA) is 21.3 Å². The molecule has 1 saturated heterocycles. The number of nitrogens with one attached hydrogen (secondary N) is 1. The third-order valence-electron chi connectivity index (χ3n) is 3.02. The second kappa shape index (κ2) is 5.60. The molecule has 1 N–H and O–H groups in total. The van der Waals surface area contributed by atoms with E-state index in [0.29, 0.717) is 12.1 Å². The Balaban J connectivity index is 2.04. The monoisotopic (exact) mass is 237 g/mol. The maximum atomic E-state index is 5.39. The van der Waals surface area contributed by atoms with Crippen LogP contribution in [0.1, 0.15) is 24.9 Å². The molecular formula is C13H19NOS. The standard InChI is InChI=1S/C13H19NOS/c1-10(14-11-7-8-16-9-11)12-5-3-4-6-13(12)15-2/h3-6,10-11,14H,7-9H2,1-2H3. The third kappa shape index (κ3) is 2.71. The van der Waals surface area contributed by atoms with Crippen LogP contribution in [0, 0.1) is 0 Å². The smallest absolute Gasteiger partial charge is 0.123 e. The van der Waals surface area contributed by atoms with Gasteiger partial charge < -0.3 is 10.1 Å². The van der Waals surface area contributed by atoms with Crippen LogP contribution < -0.4 is 10.1 Å². The van der Waals surface area contributed by atoms with Crippen molar-refractivity contribution in [3.8, 4) is 5.75 Å². The molecule has 0 radical (unpaired) electrons. The molecule has 1 heterocycles. The van der Waals surface area contributed by atoms with Crippen molar-refractivity contribution < 1.29 is 4.74 Å². The highest BCUT2D eigenvalue weighted by Crippen LogP contribution is 2.26. The Bertz CT molecular complexity index is 336. The Kier molecular flexibility index (Phi) is 4.13. The van der Waals surface area contributed by atoms with Gasteiger partial charge in [-0.3, -0.25) is 0 Å². The molecule has 2 unspecified atom stereocenters. The van der Waals surface area contributed by atoms with Gasteiger partial charge in [-0.2, -0.15) is 11.8 Å². The van der Waals surface area contributed by atoms with Gasteiger partial charge >= 0.3 is 0 Å². The van der Waals surface area contributed by atoms with Crippen molar-refractivity contribution in [3.63, 3.8) is 0 Å². The predicted molar refractivity (Wildman–Crippen MR) is 70.3 cm³/mol. The largest absolute Gasteiger partial charge is 0.496 e. The first-order chi connectivity index (χ1) is 7.81. The predicted octanol–water partition coefficient (Wildman–Crippen LogP) is 2.85. The van der Waals surface area contributed by atoms with Crippen molar-refractivity contribution in [2.24, 2.45) is 0 Å². The molecule has 88 valence electrons. The normalized spacial score (nSPS) is 22.0. The van der Waals surface area contributed by atoms with Gasteiger partial charge in [0.25, 0.3) is 0 Å². The van der Waals surface area contributed by atoms with Gasteiger partial charge in [-0.25, -0.2) is 0 Å². The molecule has 0 aliphatic carbocycles. The molecule has 3 heteroatoms. The number of para-hydroxylation sites is 1. The maximum absolute atomic E-state index is 5.39. The van der Waals surface area contributed by atoms with Crippen molar-refractivity contribution in [3.05, 3.63) is 29.8 Å². The van der Waals surface area contributed by atoms with Crippen molar-refractivity contribution in [2.45, 2.75) is 25.4 Å². The molecule has 2 rings (SSSR count). The lowest BCUT2D eigenvalue weighted by Gasteiger charge is -2.20. The van der Waals surface area contributed by atoms with Gasteiger partial charge in [0.15, 0.2) is 0 Å². The number of thioether (sulfide) groups is 1. The number of rotatable bonds is 4. The second-order valence-electron chi connectivity index (χ2n) is 4.19. The van der Waals surface area contributed by atoms with E-state index in [4.69, 9.17) is 4.74 Å². The average molecular weight is 237 g/mol.